The highest BCUT2D eigenvalue weighted by Crippen LogP contribution is 2.31. The Morgan fingerprint density at radius 1 is 1.56 bits per heavy atom. The maximum atomic E-state index is 12.1. The van der Waals surface area contributed by atoms with Crippen molar-refractivity contribution >= 4 is 39.1 Å². The summed E-state index contributed by atoms with van der Waals surface area (Å²) in [6.07, 6.45) is 0.883. The first-order chi connectivity index (χ1) is 8.40. The average Bonchev–Trinajstić information content (AvgIpc) is 2.86. The van der Waals surface area contributed by atoms with Crippen LogP contribution in [-0.2, 0) is 16.0 Å². The highest BCUT2D eigenvalue weighted by Gasteiger charge is 2.41. The van der Waals surface area contributed by atoms with Gasteiger partial charge in [0, 0.05) is 18.0 Å². The fraction of sp³-hybridized carbons (Fsp3) is 0.500. The fourth-order valence-corrected chi connectivity index (χ4v) is 3.53. The van der Waals surface area contributed by atoms with Gasteiger partial charge in [0.15, 0.2) is 0 Å². The Morgan fingerprint density at radius 3 is 2.78 bits per heavy atom. The number of carbonyl (C=O) groups excluding carboxylic acids is 1. The van der Waals surface area contributed by atoms with E-state index in [1.165, 1.54) is 11.3 Å². The predicted octanol–water partition coefficient (Wildman–Crippen LogP) is 2.38. The summed E-state index contributed by atoms with van der Waals surface area (Å²) in [7, 11) is 0. The van der Waals surface area contributed by atoms with E-state index in [1.54, 1.807) is 11.8 Å². The molecule has 1 aliphatic heterocycles. The monoisotopic (exact) mass is 331 g/mol. The van der Waals surface area contributed by atoms with Gasteiger partial charge in [-0.1, -0.05) is 0 Å². The van der Waals surface area contributed by atoms with Crippen LogP contribution in [0.25, 0.3) is 0 Å². The van der Waals surface area contributed by atoms with E-state index < -0.39 is 11.4 Å². The normalized spacial score (nSPS) is 23.3. The molecule has 1 fully saturated rings. The summed E-state index contributed by atoms with van der Waals surface area (Å²) in [4.78, 5) is 25.8. The molecule has 0 aromatic carbocycles. The molecule has 2 rings (SSSR count). The lowest BCUT2D eigenvalue weighted by Gasteiger charge is -2.19. The van der Waals surface area contributed by atoms with Crippen LogP contribution in [0.4, 0.5) is 0 Å². The van der Waals surface area contributed by atoms with Gasteiger partial charge in [-0.2, -0.15) is 0 Å². The molecule has 0 radical (unpaired) electrons. The van der Waals surface area contributed by atoms with Crippen LogP contribution in [0.2, 0.25) is 0 Å². The first-order valence-corrected chi connectivity index (χ1v) is 7.27. The van der Waals surface area contributed by atoms with Crippen molar-refractivity contribution in [1.29, 1.82) is 0 Å². The molecular formula is C12H14BrNO3S. The van der Waals surface area contributed by atoms with Crippen molar-refractivity contribution in [3.05, 3.63) is 20.8 Å². The zero-order chi connectivity index (χ0) is 13.3. The van der Waals surface area contributed by atoms with Gasteiger partial charge >= 0.3 is 5.97 Å². The molecule has 1 aromatic rings. The van der Waals surface area contributed by atoms with Crippen LogP contribution in [-0.4, -0.2) is 35.0 Å². The third kappa shape index (κ3) is 2.75. The lowest BCUT2D eigenvalue weighted by Crippen LogP contribution is -2.35. The number of amides is 1. The number of thiophene rings is 1. The van der Waals surface area contributed by atoms with Crippen molar-refractivity contribution in [3.63, 3.8) is 0 Å². The first kappa shape index (κ1) is 13.5. The number of rotatable bonds is 3. The highest BCUT2D eigenvalue weighted by atomic mass is 79.9. The van der Waals surface area contributed by atoms with E-state index in [1.807, 2.05) is 12.1 Å². The Kier molecular flexibility index (Phi) is 3.77. The number of carboxylic acid groups (broad SMARTS) is 1. The van der Waals surface area contributed by atoms with Crippen LogP contribution in [0.15, 0.2) is 15.9 Å². The Balaban J connectivity index is 1.98. The number of nitrogens with zero attached hydrogens (tertiary/aromatic N) is 1. The van der Waals surface area contributed by atoms with Gasteiger partial charge in [0.1, 0.15) is 0 Å². The first-order valence-electron chi connectivity index (χ1n) is 5.66. The van der Waals surface area contributed by atoms with Crippen LogP contribution in [0, 0.1) is 5.41 Å². The summed E-state index contributed by atoms with van der Waals surface area (Å²) < 4.78 is 1.00. The van der Waals surface area contributed by atoms with E-state index in [-0.39, 0.29) is 5.91 Å². The molecular weight excluding hydrogens is 318 g/mol. The average molecular weight is 332 g/mol. The van der Waals surface area contributed by atoms with E-state index in [0.717, 1.165) is 8.66 Å². The lowest BCUT2D eigenvalue weighted by molar-refractivity contribution is -0.147. The van der Waals surface area contributed by atoms with E-state index in [0.29, 0.717) is 25.9 Å². The molecule has 1 N–H and O–H groups in total. The molecule has 1 aliphatic rings. The van der Waals surface area contributed by atoms with Gasteiger partial charge in [-0.05, 0) is 41.4 Å². The van der Waals surface area contributed by atoms with Crippen LogP contribution < -0.4 is 0 Å². The number of hydrogen-bond donors (Lipinski definition) is 1. The molecule has 18 heavy (non-hydrogen) atoms. The second-order valence-corrected chi connectivity index (χ2v) is 7.36. The topological polar surface area (TPSA) is 57.6 Å². The summed E-state index contributed by atoms with van der Waals surface area (Å²) >= 11 is 4.89. The SMILES string of the molecule is C[C@@]1(C(=O)O)CCN(C(=O)Cc2ccc(Br)s2)C1. The summed E-state index contributed by atoms with van der Waals surface area (Å²) in [5.74, 6) is -0.814. The van der Waals surface area contributed by atoms with Crippen LogP contribution in [0.1, 0.15) is 18.2 Å². The van der Waals surface area contributed by atoms with Crippen molar-refractivity contribution in [3.8, 4) is 0 Å². The molecule has 2 heterocycles. The quantitative estimate of drug-likeness (QED) is 0.925. The molecule has 0 bridgehead atoms. The Bertz CT molecular complexity index is 487. The fourth-order valence-electron chi connectivity index (χ4n) is 2.06. The number of carbonyl (C=O) groups is 2. The lowest BCUT2D eigenvalue weighted by atomic mass is 9.90. The summed E-state index contributed by atoms with van der Waals surface area (Å²) in [6, 6.07) is 3.83. The molecule has 4 nitrogen and oxygen atoms in total. The minimum Gasteiger partial charge on any atom is -0.481 e. The molecule has 98 valence electrons. The summed E-state index contributed by atoms with van der Waals surface area (Å²) in [5.41, 5.74) is -0.786. The minimum absolute atomic E-state index is 0.00863. The maximum absolute atomic E-state index is 12.1. The molecule has 0 unspecified atom stereocenters. The smallest absolute Gasteiger partial charge is 0.311 e. The van der Waals surface area contributed by atoms with Gasteiger partial charge in [0.25, 0.3) is 0 Å². The van der Waals surface area contributed by atoms with Gasteiger partial charge in [-0.15, -0.1) is 11.3 Å². The second-order valence-electron chi connectivity index (χ2n) is 4.81. The Labute approximate surface area is 118 Å². The minimum atomic E-state index is -0.823. The van der Waals surface area contributed by atoms with Crippen molar-refractivity contribution in [2.45, 2.75) is 19.8 Å². The van der Waals surface area contributed by atoms with Gasteiger partial charge in [0.2, 0.25) is 5.91 Å². The molecule has 6 heteroatoms. The van der Waals surface area contributed by atoms with Gasteiger partial charge in [-0.25, -0.2) is 0 Å². The van der Waals surface area contributed by atoms with Crippen LogP contribution >= 0.6 is 27.3 Å². The molecule has 1 saturated heterocycles. The third-order valence-electron chi connectivity index (χ3n) is 3.30. The number of carboxylic acids is 1. The van der Waals surface area contributed by atoms with Gasteiger partial charge in [0.05, 0.1) is 15.6 Å². The summed E-state index contributed by atoms with van der Waals surface area (Å²) in [5, 5.41) is 9.12. The largest absolute Gasteiger partial charge is 0.481 e. The van der Waals surface area contributed by atoms with Crippen molar-refractivity contribution in [2.24, 2.45) is 5.41 Å². The van der Waals surface area contributed by atoms with E-state index in [4.69, 9.17) is 5.11 Å². The molecule has 0 aliphatic carbocycles. The maximum Gasteiger partial charge on any atom is 0.311 e. The zero-order valence-corrected chi connectivity index (χ0v) is 12.4. The second kappa shape index (κ2) is 5.01. The van der Waals surface area contributed by atoms with E-state index in [2.05, 4.69) is 15.9 Å². The van der Waals surface area contributed by atoms with E-state index >= 15 is 0 Å². The standard InChI is InChI=1S/C12H14BrNO3S/c1-12(11(16)17)4-5-14(7-12)10(15)6-8-2-3-9(13)18-8/h2-3H,4-7H2,1H3,(H,16,17)/t12-/m1/s1. The third-order valence-corrected chi connectivity index (χ3v) is 4.92. The number of hydrogen-bond acceptors (Lipinski definition) is 3. The molecule has 1 amide bonds. The zero-order valence-electron chi connectivity index (χ0n) is 9.98. The molecule has 0 saturated carbocycles. The molecule has 1 aromatic heterocycles. The number of aliphatic carboxylic acids is 1. The van der Waals surface area contributed by atoms with Gasteiger partial charge in [-0.3, -0.25) is 9.59 Å². The summed E-state index contributed by atoms with van der Waals surface area (Å²) in [6.45, 7) is 2.55. The Hall–Kier alpha value is -0.880. The molecule has 1 atom stereocenters. The van der Waals surface area contributed by atoms with Crippen LogP contribution in [0.5, 0.6) is 0 Å². The van der Waals surface area contributed by atoms with Gasteiger partial charge < -0.3 is 10.0 Å². The van der Waals surface area contributed by atoms with Crippen molar-refractivity contribution in [2.75, 3.05) is 13.1 Å². The highest BCUT2D eigenvalue weighted by molar-refractivity contribution is 9.11. The Morgan fingerprint density at radius 2 is 2.28 bits per heavy atom. The van der Waals surface area contributed by atoms with E-state index in [9.17, 15) is 9.59 Å². The molecule has 0 spiro atoms. The van der Waals surface area contributed by atoms with Crippen molar-refractivity contribution < 1.29 is 14.7 Å². The number of likely N-dealkylation sites (tertiary alicyclic amines) is 1. The number of halogens is 1. The van der Waals surface area contributed by atoms with Crippen LogP contribution in [0.3, 0.4) is 0 Å². The predicted molar refractivity (Wildman–Crippen MR) is 72.7 cm³/mol. The van der Waals surface area contributed by atoms with Crippen molar-refractivity contribution in [1.82, 2.24) is 4.90 Å².